The van der Waals surface area contributed by atoms with Crippen LogP contribution in [0.15, 0.2) is 0 Å². The average Bonchev–Trinajstić information content (AvgIpc) is 2.08. The molecular weight excluding hydrogens is 279 g/mol. The number of rotatable bonds is 1. The largest absolute Gasteiger partial charge is 2.00 e. The molecule has 5 N–H and O–H groups in total. The summed E-state index contributed by atoms with van der Waals surface area (Å²) in [6, 6.07) is 0. The van der Waals surface area contributed by atoms with E-state index in [9.17, 15) is 0 Å². The summed E-state index contributed by atoms with van der Waals surface area (Å²) < 4.78 is 4.58. The topological polar surface area (TPSA) is 110 Å². The fraction of sp³-hybridized carbons (Fsp3) is 1.00. The first-order valence-corrected chi connectivity index (χ1v) is 3.56. The van der Waals surface area contributed by atoms with E-state index in [0.717, 1.165) is 0 Å². The third kappa shape index (κ3) is 5.18. The molecule has 1 saturated heterocycles. The number of hydrogen-bond donors (Lipinski definition) is 5. The van der Waals surface area contributed by atoms with Gasteiger partial charge in [0.15, 0.2) is 6.29 Å². The minimum Gasteiger partial charge on any atom is -1.00 e. The zero-order chi connectivity index (χ0) is 9.30. The van der Waals surface area contributed by atoms with Gasteiger partial charge in [-0.1, -0.05) is 0 Å². The Labute approximate surface area is 129 Å². The number of aliphatic hydroxyl groups is 5. The molecule has 0 aromatic rings. The Kier molecular flexibility index (Phi) is 14.0. The molecule has 88 valence electrons. The zero-order valence-corrected chi connectivity index (χ0v) is 11.4. The SMILES string of the molecule is OC[C@H]1OC(O)[C@H](O)[C@@H](O)[C@@H]1O.[Ca+2].[Cl-].[Cl-]. The predicted molar refractivity (Wildman–Crippen MR) is 41.7 cm³/mol. The van der Waals surface area contributed by atoms with Crippen LogP contribution in [0.2, 0.25) is 0 Å². The van der Waals surface area contributed by atoms with Gasteiger partial charge >= 0.3 is 37.7 Å². The Bertz CT molecular complexity index is 160. The Hall–Kier alpha value is 1.60. The van der Waals surface area contributed by atoms with Gasteiger partial charge in [0.1, 0.15) is 24.4 Å². The summed E-state index contributed by atoms with van der Waals surface area (Å²) in [4.78, 5) is 0. The van der Waals surface area contributed by atoms with Gasteiger partial charge in [-0.15, -0.1) is 0 Å². The van der Waals surface area contributed by atoms with Crippen molar-refractivity contribution in [2.75, 3.05) is 6.61 Å². The van der Waals surface area contributed by atoms with Crippen molar-refractivity contribution in [3.05, 3.63) is 0 Å². The van der Waals surface area contributed by atoms with Gasteiger partial charge in [0, 0.05) is 0 Å². The van der Waals surface area contributed by atoms with Crippen LogP contribution in [-0.2, 0) is 4.74 Å². The van der Waals surface area contributed by atoms with Crippen molar-refractivity contribution in [2.45, 2.75) is 30.7 Å². The maximum absolute atomic E-state index is 9.12. The van der Waals surface area contributed by atoms with E-state index in [-0.39, 0.29) is 62.6 Å². The summed E-state index contributed by atoms with van der Waals surface area (Å²) in [7, 11) is 0. The first kappa shape index (κ1) is 21.8. The van der Waals surface area contributed by atoms with Crippen molar-refractivity contribution >= 4 is 37.7 Å². The van der Waals surface area contributed by atoms with E-state index in [4.69, 9.17) is 25.5 Å². The minimum atomic E-state index is -1.57. The van der Waals surface area contributed by atoms with Gasteiger partial charge in [-0.3, -0.25) is 0 Å². The van der Waals surface area contributed by atoms with Gasteiger partial charge in [-0.2, -0.15) is 0 Å². The predicted octanol–water partition coefficient (Wildman–Crippen LogP) is -9.59. The van der Waals surface area contributed by atoms with E-state index >= 15 is 0 Å². The molecule has 1 fully saturated rings. The van der Waals surface area contributed by atoms with E-state index in [2.05, 4.69) is 4.74 Å². The molecule has 1 unspecified atom stereocenters. The van der Waals surface area contributed by atoms with Crippen LogP contribution < -0.4 is 24.8 Å². The number of halogens is 2. The van der Waals surface area contributed by atoms with E-state index < -0.39 is 37.3 Å². The monoisotopic (exact) mass is 290 g/mol. The van der Waals surface area contributed by atoms with E-state index in [0.29, 0.717) is 0 Å². The number of aliphatic hydroxyl groups excluding tert-OH is 5. The molecule has 1 aliphatic heterocycles. The Morgan fingerprint density at radius 2 is 1.33 bits per heavy atom. The summed E-state index contributed by atoms with van der Waals surface area (Å²) in [5, 5.41) is 44.7. The maximum atomic E-state index is 9.12. The van der Waals surface area contributed by atoms with E-state index in [1.807, 2.05) is 0 Å². The zero-order valence-electron chi connectivity index (χ0n) is 7.70. The van der Waals surface area contributed by atoms with Crippen LogP contribution in [0, 0.1) is 0 Å². The third-order valence-corrected chi connectivity index (χ3v) is 1.87. The van der Waals surface area contributed by atoms with Crippen molar-refractivity contribution in [3.63, 3.8) is 0 Å². The van der Waals surface area contributed by atoms with Gasteiger partial charge in [0.25, 0.3) is 0 Å². The smallest absolute Gasteiger partial charge is 1.00 e. The molecule has 1 aliphatic rings. The number of hydrogen-bond acceptors (Lipinski definition) is 6. The van der Waals surface area contributed by atoms with Crippen molar-refractivity contribution in [3.8, 4) is 0 Å². The molecular formula is C6H12CaCl2O6. The molecule has 0 aliphatic carbocycles. The standard InChI is InChI=1S/C6H12O6.Ca.2ClH/c7-1-2-3(8)4(9)5(10)6(11)12-2;;;/h2-11H,1H2;;2*1H/q;+2;;/p-2/t2-,3-,4+,5-,6?;;;/m1.../s1. The van der Waals surface area contributed by atoms with Gasteiger partial charge in [0.05, 0.1) is 6.61 Å². The molecule has 6 nitrogen and oxygen atoms in total. The Morgan fingerprint density at radius 1 is 0.867 bits per heavy atom. The average molecular weight is 291 g/mol. The second-order valence-electron chi connectivity index (χ2n) is 2.72. The molecule has 5 atom stereocenters. The minimum absolute atomic E-state index is 0. The summed E-state index contributed by atoms with van der Waals surface area (Å²) in [6.45, 7) is -0.526. The molecule has 0 bridgehead atoms. The molecule has 0 aromatic heterocycles. The van der Waals surface area contributed by atoms with Gasteiger partial charge in [-0.05, 0) is 0 Å². The van der Waals surface area contributed by atoms with E-state index in [1.54, 1.807) is 0 Å². The molecule has 0 spiro atoms. The first-order chi connectivity index (χ1) is 5.57. The second kappa shape index (κ2) is 9.61. The molecule has 0 amide bonds. The Morgan fingerprint density at radius 3 is 1.73 bits per heavy atom. The van der Waals surface area contributed by atoms with Crippen molar-refractivity contribution in [1.82, 2.24) is 0 Å². The van der Waals surface area contributed by atoms with Gasteiger partial charge in [-0.25, -0.2) is 0 Å². The van der Waals surface area contributed by atoms with Crippen molar-refractivity contribution in [2.24, 2.45) is 0 Å². The number of ether oxygens (including phenoxy) is 1. The van der Waals surface area contributed by atoms with Crippen LogP contribution in [0.4, 0.5) is 0 Å². The van der Waals surface area contributed by atoms with Crippen LogP contribution >= 0.6 is 0 Å². The van der Waals surface area contributed by atoms with Crippen molar-refractivity contribution in [1.29, 1.82) is 0 Å². The van der Waals surface area contributed by atoms with Gasteiger partial charge in [0.2, 0.25) is 0 Å². The quantitative estimate of drug-likeness (QED) is 0.307. The van der Waals surface area contributed by atoms with E-state index in [1.165, 1.54) is 0 Å². The molecule has 0 radical (unpaired) electrons. The second-order valence-corrected chi connectivity index (χ2v) is 2.72. The summed E-state index contributed by atoms with van der Waals surface area (Å²) in [5.41, 5.74) is 0. The van der Waals surface area contributed by atoms with Crippen LogP contribution in [0.1, 0.15) is 0 Å². The van der Waals surface area contributed by atoms with Gasteiger partial charge < -0.3 is 55.1 Å². The van der Waals surface area contributed by atoms with Crippen molar-refractivity contribution < 1.29 is 55.1 Å². The summed E-state index contributed by atoms with van der Waals surface area (Å²) in [6.07, 6.45) is -7.04. The van der Waals surface area contributed by atoms with Crippen LogP contribution in [0.3, 0.4) is 0 Å². The summed E-state index contributed by atoms with van der Waals surface area (Å²) >= 11 is 0. The first-order valence-electron chi connectivity index (χ1n) is 3.56. The maximum Gasteiger partial charge on any atom is 2.00 e. The fourth-order valence-electron chi connectivity index (χ4n) is 1.08. The molecule has 1 heterocycles. The molecule has 15 heavy (non-hydrogen) atoms. The normalized spacial score (nSPS) is 39.4. The molecule has 9 heteroatoms. The molecule has 0 saturated carbocycles. The fourth-order valence-corrected chi connectivity index (χ4v) is 1.08. The van der Waals surface area contributed by atoms with Crippen LogP contribution in [0.25, 0.3) is 0 Å². The summed E-state index contributed by atoms with van der Waals surface area (Å²) in [5.74, 6) is 0. The molecule has 0 aromatic carbocycles. The molecule has 1 rings (SSSR count). The third-order valence-electron chi connectivity index (χ3n) is 1.87. The van der Waals surface area contributed by atoms with Crippen LogP contribution in [-0.4, -0.2) is 101 Å². The Balaban J connectivity index is -0.000000480. The van der Waals surface area contributed by atoms with Crippen LogP contribution in [0.5, 0.6) is 0 Å².